The van der Waals surface area contributed by atoms with E-state index in [0.29, 0.717) is 39.3 Å². The lowest BCUT2D eigenvalue weighted by molar-refractivity contribution is 0.157. The smallest absolute Gasteiger partial charge is 0.218 e. The summed E-state index contributed by atoms with van der Waals surface area (Å²) < 4.78 is 45.6. The molecule has 1 fully saturated rings. The van der Waals surface area contributed by atoms with E-state index in [0.717, 1.165) is 5.56 Å². The Hall–Kier alpha value is -1.96. The number of halogens is 1. The van der Waals surface area contributed by atoms with Crippen LogP contribution < -0.4 is 4.74 Å². The first kappa shape index (κ1) is 18.8. The molecule has 5 nitrogen and oxygen atoms in total. The number of piperazine rings is 1. The van der Waals surface area contributed by atoms with Gasteiger partial charge in [-0.25, -0.2) is 12.8 Å². The summed E-state index contributed by atoms with van der Waals surface area (Å²) in [5.74, 6) is -0.0922. The molecular weight excluding hydrogens is 355 g/mol. The van der Waals surface area contributed by atoms with E-state index < -0.39 is 10.0 Å². The highest BCUT2D eigenvalue weighted by atomic mass is 32.2. The first-order chi connectivity index (χ1) is 12.5. The standard InChI is InChI=1S/C19H23FN2O3S/c20-18-8-4-5-9-19(18)25-15-14-21-10-12-22(13-11-21)26(23,24)16-17-6-2-1-3-7-17/h1-9H,10-16H2. The molecule has 0 saturated carbocycles. The summed E-state index contributed by atoms with van der Waals surface area (Å²) in [4.78, 5) is 2.13. The van der Waals surface area contributed by atoms with Crippen LogP contribution in [-0.4, -0.2) is 57.0 Å². The predicted molar refractivity (Wildman–Crippen MR) is 99.0 cm³/mol. The number of rotatable bonds is 7. The lowest BCUT2D eigenvalue weighted by Crippen LogP contribution is -2.49. The Morgan fingerprint density at radius 2 is 1.58 bits per heavy atom. The third-order valence-corrected chi connectivity index (χ3v) is 6.27. The fraction of sp³-hybridized carbons (Fsp3) is 0.368. The summed E-state index contributed by atoms with van der Waals surface area (Å²) in [6, 6.07) is 15.5. The van der Waals surface area contributed by atoms with E-state index >= 15 is 0 Å². The maximum absolute atomic E-state index is 13.5. The van der Waals surface area contributed by atoms with Gasteiger partial charge in [0.2, 0.25) is 10.0 Å². The highest BCUT2D eigenvalue weighted by Gasteiger charge is 2.26. The Morgan fingerprint density at radius 3 is 2.27 bits per heavy atom. The highest BCUT2D eigenvalue weighted by Crippen LogP contribution is 2.16. The Labute approximate surface area is 154 Å². The lowest BCUT2D eigenvalue weighted by atomic mass is 10.2. The number of sulfonamides is 1. The zero-order valence-electron chi connectivity index (χ0n) is 14.6. The summed E-state index contributed by atoms with van der Waals surface area (Å²) in [5, 5.41) is 0. The summed E-state index contributed by atoms with van der Waals surface area (Å²) in [5.41, 5.74) is 0.799. The van der Waals surface area contributed by atoms with Crippen molar-refractivity contribution in [3.8, 4) is 5.75 Å². The maximum atomic E-state index is 13.5. The lowest BCUT2D eigenvalue weighted by Gasteiger charge is -2.33. The third kappa shape index (κ3) is 5.03. The van der Waals surface area contributed by atoms with E-state index in [2.05, 4.69) is 4.90 Å². The topological polar surface area (TPSA) is 49.9 Å². The first-order valence-corrected chi connectivity index (χ1v) is 10.3. The molecule has 0 bridgehead atoms. The van der Waals surface area contributed by atoms with Gasteiger partial charge in [0.25, 0.3) is 0 Å². The number of ether oxygens (including phenoxy) is 1. The molecule has 26 heavy (non-hydrogen) atoms. The molecule has 1 aliphatic rings. The SMILES string of the molecule is O=S(=O)(Cc1ccccc1)N1CCN(CCOc2ccccc2F)CC1. The molecular formula is C19H23FN2O3S. The van der Waals surface area contributed by atoms with Gasteiger partial charge in [0.1, 0.15) is 6.61 Å². The van der Waals surface area contributed by atoms with Crippen molar-refractivity contribution < 1.29 is 17.5 Å². The highest BCUT2D eigenvalue weighted by molar-refractivity contribution is 7.88. The van der Waals surface area contributed by atoms with Gasteiger partial charge in [-0.3, -0.25) is 4.90 Å². The van der Waals surface area contributed by atoms with Crippen molar-refractivity contribution in [3.05, 3.63) is 66.0 Å². The molecule has 2 aromatic rings. The summed E-state index contributed by atoms with van der Waals surface area (Å²) in [7, 11) is -3.30. The Morgan fingerprint density at radius 1 is 0.923 bits per heavy atom. The van der Waals surface area contributed by atoms with Gasteiger partial charge in [-0.2, -0.15) is 4.31 Å². The van der Waals surface area contributed by atoms with E-state index in [9.17, 15) is 12.8 Å². The summed E-state index contributed by atoms with van der Waals surface area (Å²) in [6.45, 7) is 3.24. The van der Waals surface area contributed by atoms with Gasteiger partial charge in [-0.1, -0.05) is 42.5 Å². The van der Waals surface area contributed by atoms with Crippen LogP contribution in [0, 0.1) is 5.82 Å². The van der Waals surface area contributed by atoms with Crippen LogP contribution in [0.3, 0.4) is 0 Å². The van der Waals surface area contributed by atoms with Gasteiger partial charge in [-0.15, -0.1) is 0 Å². The monoisotopic (exact) mass is 378 g/mol. The van der Waals surface area contributed by atoms with Crippen molar-refractivity contribution in [1.29, 1.82) is 0 Å². The normalized spacial score (nSPS) is 16.5. The van der Waals surface area contributed by atoms with Crippen LogP contribution >= 0.6 is 0 Å². The summed E-state index contributed by atoms with van der Waals surface area (Å²) in [6.07, 6.45) is 0. The Kier molecular flexibility index (Phi) is 6.24. The Bertz CT molecular complexity index is 807. The molecule has 3 rings (SSSR count). The van der Waals surface area contributed by atoms with Crippen molar-refractivity contribution >= 4 is 10.0 Å². The largest absolute Gasteiger partial charge is 0.489 e. The number of hydrogen-bond acceptors (Lipinski definition) is 4. The van der Waals surface area contributed by atoms with Crippen molar-refractivity contribution in [1.82, 2.24) is 9.21 Å². The van der Waals surface area contributed by atoms with Gasteiger partial charge in [0, 0.05) is 32.7 Å². The van der Waals surface area contributed by atoms with Crippen molar-refractivity contribution in [2.24, 2.45) is 0 Å². The van der Waals surface area contributed by atoms with E-state index in [4.69, 9.17) is 4.74 Å². The van der Waals surface area contributed by atoms with E-state index in [1.165, 1.54) is 6.07 Å². The van der Waals surface area contributed by atoms with Gasteiger partial charge < -0.3 is 4.74 Å². The van der Waals surface area contributed by atoms with Crippen molar-refractivity contribution in [2.75, 3.05) is 39.3 Å². The second kappa shape index (κ2) is 8.62. The van der Waals surface area contributed by atoms with Crippen molar-refractivity contribution in [3.63, 3.8) is 0 Å². The second-order valence-corrected chi connectivity index (χ2v) is 8.23. The minimum atomic E-state index is -3.30. The molecule has 1 aliphatic heterocycles. The third-order valence-electron chi connectivity index (χ3n) is 4.42. The average Bonchev–Trinajstić information content (AvgIpc) is 2.64. The molecule has 0 unspecified atom stereocenters. The van der Waals surface area contributed by atoms with Crippen LogP contribution in [0.15, 0.2) is 54.6 Å². The fourth-order valence-corrected chi connectivity index (χ4v) is 4.47. The molecule has 0 N–H and O–H groups in total. The van der Waals surface area contributed by atoms with E-state index in [1.807, 2.05) is 30.3 Å². The number of hydrogen-bond donors (Lipinski definition) is 0. The van der Waals surface area contributed by atoms with Crippen molar-refractivity contribution in [2.45, 2.75) is 5.75 Å². The maximum Gasteiger partial charge on any atom is 0.218 e. The molecule has 0 radical (unpaired) electrons. The minimum Gasteiger partial charge on any atom is -0.489 e. The fourth-order valence-electron chi connectivity index (χ4n) is 2.95. The van der Waals surface area contributed by atoms with Crippen LogP contribution in [-0.2, 0) is 15.8 Å². The zero-order chi connectivity index (χ0) is 18.4. The quantitative estimate of drug-likeness (QED) is 0.742. The van der Waals surface area contributed by atoms with E-state index in [1.54, 1.807) is 22.5 Å². The molecule has 7 heteroatoms. The minimum absolute atomic E-state index is 0.0320. The number of nitrogens with zero attached hydrogens (tertiary/aromatic N) is 2. The van der Waals surface area contributed by atoms with Gasteiger partial charge in [0.05, 0.1) is 5.75 Å². The van der Waals surface area contributed by atoms with Crippen LogP contribution in [0.1, 0.15) is 5.56 Å². The molecule has 0 aliphatic carbocycles. The number of para-hydroxylation sites is 1. The Balaban J connectivity index is 1.44. The van der Waals surface area contributed by atoms with E-state index in [-0.39, 0.29) is 17.3 Å². The molecule has 140 valence electrons. The molecule has 1 heterocycles. The van der Waals surface area contributed by atoms with Crippen LogP contribution in [0.4, 0.5) is 4.39 Å². The molecule has 0 amide bonds. The van der Waals surface area contributed by atoms with Gasteiger partial charge >= 0.3 is 0 Å². The first-order valence-electron chi connectivity index (χ1n) is 8.66. The average molecular weight is 378 g/mol. The molecule has 0 spiro atoms. The molecule has 1 saturated heterocycles. The van der Waals surface area contributed by atoms with Crippen LogP contribution in [0.5, 0.6) is 5.75 Å². The van der Waals surface area contributed by atoms with Crippen LogP contribution in [0.2, 0.25) is 0 Å². The molecule has 0 atom stereocenters. The zero-order valence-corrected chi connectivity index (χ0v) is 15.4. The predicted octanol–water partition coefficient (Wildman–Crippen LogP) is 2.35. The summed E-state index contributed by atoms with van der Waals surface area (Å²) >= 11 is 0. The number of benzene rings is 2. The van der Waals surface area contributed by atoms with Gasteiger partial charge in [0.15, 0.2) is 11.6 Å². The van der Waals surface area contributed by atoms with Crippen LogP contribution in [0.25, 0.3) is 0 Å². The second-order valence-electron chi connectivity index (χ2n) is 6.26. The molecule has 2 aromatic carbocycles. The molecule has 0 aromatic heterocycles. The van der Waals surface area contributed by atoms with Gasteiger partial charge in [-0.05, 0) is 17.7 Å².